The van der Waals surface area contributed by atoms with Crippen LogP contribution in [0.15, 0.2) is 0 Å². The number of carboxylic acids is 1. The van der Waals surface area contributed by atoms with E-state index < -0.39 is 5.97 Å². The van der Waals surface area contributed by atoms with Gasteiger partial charge >= 0.3 is 5.97 Å². The molecule has 1 unspecified atom stereocenters. The van der Waals surface area contributed by atoms with Crippen molar-refractivity contribution in [1.82, 2.24) is 4.90 Å². The quantitative estimate of drug-likeness (QED) is 0.728. The highest BCUT2D eigenvalue weighted by Gasteiger charge is 2.25. The summed E-state index contributed by atoms with van der Waals surface area (Å²) in [4.78, 5) is 35.8. The largest absolute Gasteiger partial charge is 0.481 e. The number of imide groups is 1. The molecule has 1 rings (SSSR count). The fourth-order valence-corrected chi connectivity index (χ4v) is 2.63. The Bertz CT molecular complexity index is 347. The van der Waals surface area contributed by atoms with E-state index in [1.165, 1.54) is 4.90 Å². The fourth-order valence-electron chi connectivity index (χ4n) is 2.63. The molecule has 0 bridgehead atoms. The minimum absolute atomic E-state index is 0.0757. The summed E-state index contributed by atoms with van der Waals surface area (Å²) in [5, 5.41) is 8.76. The van der Waals surface area contributed by atoms with Gasteiger partial charge in [0.25, 0.3) is 0 Å². The minimum atomic E-state index is -0.794. The molecule has 1 N–H and O–H groups in total. The molecule has 20 heavy (non-hydrogen) atoms. The zero-order valence-electron chi connectivity index (χ0n) is 12.4. The van der Waals surface area contributed by atoms with Gasteiger partial charge in [-0.25, -0.2) is 0 Å². The van der Waals surface area contributed by atoms with Gasteiger partial charge in [-0.05, 0) is 37.5 Å². The smallest absolute Gasteiger partial charge is 0.303 e. The highest BCUT2D eigenvalue weighted by atomic mass is 16.4. The second-order valence-corrected chi connectivity index (χ2v) is 5.87. The Morgan fingerprint density at radius 3 is 2.15 bits per heavy atom. The molecule has 1 atom stereocenters. The molecule has 1 heterocycles. The van der Waals surface area contributed by atoms with Crippen molar-refractivity contribution in [3.05, 3.63) is 0 Å². The van der Waals surface area contributed by atoms with Crippen LogP contribution < -0.4 is 0 Å². The molecule has 1 saturated heterocycles. The molecule has 0 aromatic carbocycles. The third kappa shape index (κ3) is 5.31. The van der Waals surface area contributed by atoms with Crippen LogP contribution in [0.25, 0.3) is 0 Å². The SMILES string of the molecule is CC(C)C(CCC(=O)O)CCN1C(=O)CCCCC1=O. The van der Waals surface area contributed by atoms with E-state index in [0.29, 0.717) is 38.1 Å². The van der Waals surface area contributed by atoms with E-state index in [1.54, 1.807) is 0 Å². The van der Waals surface area contributed by atoms with Crippen LogP contribution in [0.5, 0.6) is 0 Å². The molecule has 0 aliphatic carbocycles. The fraction of sp³-hybridized carbons (Fsp3) is 0.800. The lowest BCUT2D eigenvalue weighted by Gasteiger charge is -2.24. The number of rotatable bonds is 7. The van der Waals surface area contributed by atoms with Crippen LogP contribution in [0.3, 0.4) is 0 Å². The Kier molecular flexibility index (Phi) is 6.68. The average molecular weight is 283 g/mol. The molecule has 2 amide bonds. The summed E-state index contributed by atoms with van der Waals surface area (Å²) < 4.78 is 0. The summed E-state index contributed by atoms with van der Waals surface area (Å²) in [5.74, 6) is -0.361. The van der Waals surface area contributed by atoms with E-state index in [1.807, 2.05) is 0 Å². The standard InChI is InChI=1S/C15H25NO4/c1-11(2)12(7-8-15(19)20)9-10-16-13(17)5-3-4-6-14(16)18/h11-12H,3-10H2,1-2H3,(H,19,20). The highest BCUT2D eigenvalue weighted by Crippen LogP contribution is 2.23. The maximum absolute atomic E-state index is 11.9. The summed E-state index contributed by atoms with van der Waals surface area (Å²) in [6.07, 6.45) is 3.91. The second kappa shape index (κ2) is 8.02. The third-order valence-electron chi connectivity index (χ3n) is 4.03. The first-order valence-electron chi connectivity index (χ1n) is 7.46. The van der Waals surface area contributed by atoms with Crippen LogP contribution in [0.1, 0.15) is 58.8 Å². The molecule has 1 fully saturated rings. The number of aliphatic carboxylic acids is 1. The Labute approximate surface area is 120 Å². The Hall–Kier alpha value is -1.39. The topological polar surface area (TPSA) is 74.7 Å². The van der Waals surface area contributed by atoms with Gasteiger partial charge in [0.1, 0.15) is 0 Å². The van der Waals surface area contributed by atoms with Crippen LogP contribution in [-0.2, 0) is 14.4 Å². The van der Waals surface area contributed by atoms with Crippen molar-refractivity contribution in [3.63, 3.8) is 0 Å². The van der Waals surface area contributed by atoms with E-state index in [9.17, 15) is 14.4 Å². The van der Waals surface area contributed by atoms with Gasteiger partial charge in [-0.1, -0.05) is 13.8 Å². The minimum Gasteiger partial charge on any atom is -0.481 e. The first-order chi connectivity index (χ1) is 9.41. The van der Waals surface area contributed by atoms with Crippen LogP contribution in [-0.4, -0.2) is 34.3 Å². The normalized spacial score (nSPS) is 18.2. The van der Waals surface area contributed by atoms with Gasteiger partial charge in [0.2, 0.25) is 11.8 Å². The van der Waals surface area contributed by atoms with Gasteiger partial charge in [-0.2, -0.15) is 0 Å². The summed E-state index contributed by atoms with van der Waals surface area (Å²) in [5.41, 5.74) is 0. The molecular weight excluding hydrogens is 258 g/mol. The number of hydrogen-bond donors (Lipinski definition) is 1. The van der Waals surface area contributed by atoms with E-state index >= 15 is 0 Å². The van der Waals surface area contributed by atoms with Crippen molar-refractivity contribution in [3.8, 4) is 0 Å². The van der Waals surface area contributed by atoms with Gasteiger partial charge < -0.3 is 5.11 Å². The number of hydrogen-bond acceptors (Lipinski definition) is 3. The van der Waals surface area contributed by atoms with E-state index in [2.05, 4.69) is 13.8 Å². The van der Waals surface area contributed by atoms with Crippen molar-refractivity contribution >= 4 is 17.8 Å². The molecule has 0 radical (unpaired) electrons. The molecule has 0 spiro atoms. The van der Waals surface area contributed by atoms with Gasteiger partial charge in [-0.15, -0.1) is 0 Å². The van der Waals surface area contributed by atoms with E-state index in [0.717, 1.165) is 12.8 Å². The maximum Gasteiger partial charge on any atom is 0.303 e. The zero-order chi connectivity index (χ0) is 15.1. The predicted octanol–water partition coefficient (Wildman–Crippen LogP) is 2.44. The number of carboxylic acid groups (broad SMARTS) is 1. The monoisotopic (exact) mass is 283 g/mol. The molecule has 114 valence electrons. The molecule has 0 saturated carbocycles. The Morgan fingerprint density at radius 2 is 1.70 bits per heavy atom. The number of carbonyl (C=O) groups is 3. The Balaban J connectivity index is 2.53. The van der Waals surface area contributed by atoms with Gasteiger partial charge in [0, 0.05) is 25.8 Å². The first kappa shape index (κ1) is 16.7. The van der Waals surface area contributed by atoms with Crippen LogP contribution in [0.4, 0.5) is 0 Å². The van der Waals surface area contributed by atoms with Crippen molar-refractivity contribution < 1.29 is 19.5 Å². The predicted molar refractivity (Wildman–Crippen MR) is 75.0 cm³/mol. The van der Waals surface area contributed by atoms with Crippen LogP contribution in [0, 0.1) is 11.8 Å². The molecule has 1 aliphatic rings. The van der Waals surface area contributed by atoms with Crippen molar-refractivity contribution in [2.24, 2.45) is 11.8 Å². The molecule has 1 aliphatic heterocycles. The molecule has 5 heteroatoms. The van der Waals surface area contributed by atoms with Crippen LogP contribution >= 0.6 is 0 Å². The van der Waals surface area contributed by atoms with Crippen LogP contribution in [0.2, 0.25) is 0 Å². The molecule has 0 aromatic heterocycles. The lowest BCUT2D eigenvalue weighted by Crippen LogP contribution is -2.37. The summed E-state index contributed by atoms with van der Waals surface area (Å²) >= 11 is 0. The first-order valence-corrected chi connectivity index (χ1v) is 7.46. The summed E-state index contributed by atoms with van der Waals surface area (Å²) in [6, 6.07) is 0. The number of likely N-dealkylation sites (tertiary alicyclic amines) is 1. The number of carbonyl (C=O) groups excluding carboxylic acids is 2. The van der Waals surface area contributed by atoms with Gasteiger partial charge in [0.05, 0.1) is 0 Å². The zero-order valence-corrected chi connectivity index (χ0v) is 12.4. The molecular formula is C15H25NO4. The average Bonchev–Trinajstić information content (AvgIpc) is 2.51. The summed E-state index contributed by atoms with van der Waals surface area (Å²) in [7, 11) is 0. The Morgan fingerprint density at radius 1 is 1.15 bits per heavy atom. The van der Waals surface area contributed by atoms with Crippen molar-refractivity contribution in [1.29, 1.82) is 0 Å². The molecule has 0 aromatic rings. The molecule has 5 nitrogen and oxygen atoms in total. The lowest BCUT2D eigenvalue weighted by atomic mass is 9.88. The number of amides is 2. The lowest BCUT2D eigenvalue weighted by molar-refractivity contribution is -0.144. The van der Waals surface area contributed by atoms with Gasteiger partial charge in [0.15, 0.2) is 0 Å². The third-order valence-corrected chi connectivity index (χ3v) is 4.03. The number of nitrogens with zero attached hydrogens (tertiary/aromatic N) is 1. The highest BCUT2D eigenvalue weighted by molar-refractivity contribution is 5.95. The summed E-state index contributed by atoms with van der Waals surface area (Å²) in [6.45, 7) is 4.54. The second-order valence-electron chi connectivity index (χ2n) is 5.87. The van der Waals surface area contributed by atoms with Crippen molar-refractivity contribution in [2.75, 3.05) is 6.54 Å². The maximum atomic E-state index is 11.9. The van der Waals surface area contributed by atoms with E-state index in [-0.39, 0.29) is 24.2 Å². The van der Waals surface area contributed by atoms with Gasteiger partial charge in [-0.3, -0.25) is 19.3 Å². The van der Waals surface area contributed by atoms with Crippen molar-refractivity contribution in [2.45, 2.75) is 58.8 Å². The van der Waals surface area contributed by atoms with E-state index in [4.69, 9.17) is 5.11 Å².